The molecule has 0 saturated heterocycles. The van der Waals surface area contributed by atoms with Crippen molar-refractivity contribution in [3.63, 3.8) is 0 Å². The summed E-state index contributed by atoms with van der Waals surface area (Å²) in [6, 6.07) is 10.2. The Labute approximate surface area is 101 Å². The van der Waals surface area contributed by atoms with Gasteiger partial charge < -0.3 is 0 Å². The summed E-state index contributed by atoms with van der Waals surface area (Å²) < 4.78 is 1.45. The number of nitrogens with zero attached hydrogens (tertiary/aromatic N) is 2. The molecule has 2 heterocycles. The molecule has 82 valence electrons. The van der Waals surface area contributed by atoms with E-state index in [1.807, 2.05) is 24.4 Å². The average molecular weight is 319 g/mol. The molecule has 3 heteroatoms. The van der Waals surface area contributed by atoms with E-state index in [1.54, 1.807) is 6.20 Å². The topological polar surface area (TPSA) is 25.8 Å². The quantitative estimate of drug-likeness (QED) is 0.796. The molecule has 0 atom stereocenters. The zero-order chi connectivity index (χ0) is 11.6. The zero-order valence-electron chi connectivity index (χ0n) is 9.94. The van der Waals surface area contributed by atoms with E-state index in [-0.39, 0.29) is 0 Å². The van der Waals surface area contributed by atoms with Crippen LogP contribution in [0.15, 0.2) is 42.7 Å². The molecule has 2 aromatic rings. The second-order valence-corrected chi connectivity index (χ2v) is 19.4. The van der Waals surface area contributed by atoms with Crippen LogP contribution in [0.1, 0.15) is 0 Å². The molecule has 0 radical (unpaired) electrons. The normalized spacial score (nSPS) is 11.4. The molecule has 0 aromatic carbocycles. The molecule has 0 N–H and O–H groups in total. The van der Waals surface area contributed by atoms with E-state index in [0.717, 1.165) is 11.4 Å². The molecule has 2 aromatic heterocycles. The van der Waals surface area contributed by atoms with Crippen LogP contribution in [0.4, 0.5) is 0 Å². The van der Waals surface area contributed by atoms with Gasteiger partial charge in [0.15, 0.2) is 0 Å². The SMILES string of the molecule is [CH3][Sn]([CH3])([CH3])[c]1ccc(-c2ccccn2)nc1. The average Bonchev–Trinajstić information content (AvgIpc) is 2.29. The van der Waals surface area contributed by atoms with E-state index in [1.165, 1.54) is 3.58 Å². The third kappa shape index (κ3) is 2.61. The van der Waals surface area contributed by atoms with E-state index in [0.29, 0.717) is 0 Å². The molecule has 16 heavy (non-hydrogen) atoms. The molecule has 0 aliphatic heterocycles. The molecular weight excluding hydrogens is 303 g/mol. The Bertz CT molecular complexity index is 458. The van der Waals surface area contributed by atoms with Gasteiger partial charge in [-0.2, -0.15) is 0 Å². The minimum absolute atomic E-state index is 0.943. The predicted octanol–water partition coefficient (Wildman–Crippen LogP) is 2.69. The van der Waals surface area contributed by atoms with E-state index in [9.17, 15) is 0 Å². The first-order chi connectivity index (χ1) is 7.57. The molecule has 2 nitrogen and oxygen atoms in total. The molecule has 2 rings (SSSR count). The van der Waals surface area contributed by atoms with Gasteiger partial charge in [-0.15, -0.1) is 0 Å². The first kappa shape index (κ1) is 11.6. The Balaban J connectivity index is 2.34. The fourth-order valence-electron chi connectivity index (χ4n) is 1.50. The van der Waals surface area contributed by atoms with Gasteiger partial charge in [-0.1, -0.05) is 0 Å². The maximum atomic E-state index is 4.51. The summed E-state index contributed by atoms with van der Waals surface area (Å²) >= 11 is -1.95. The van der Waals surface area contributed by atoms with E-state index in [4.69, 9.17) is 0 Å². The van der Waals surface area contributed by atoms with Gasteiger partial charge in [0.05, 0.1) is 0 Å². The molecular formula is C13H16N2Sn. The zero-order valence-corrected chi connectivity index (χ0v) is 12.8. The summed E-state index contributed by atoms with van der Waals surface area (Å²) in [6.07, 6.45) is 3.83. The summed E-state index contributed by atoms with van der Waals surface area (Å²) in [5, 5.41) is 0. The van der Waals surface area contributed by atoms with Gasteiger partial charge in [-0.3, -0.25) is 0 Å². The molecule has 0 fully saturated rings. The van der Waals surface area contributed by atoms with Crippen molar-refractivity contribution in [1.82, 2.24) is 9.97 Å². The first-order valence-electron chi connectivity index (χ1n) is 5.45. The molecule has 0 aliphatic carbocycles. The van der Waals surface area contributed by atoms with Crippen molar-refractivity contribution in [2.75, 3.05) is 0 Å². The van der Waals surface area contributed by atoms with Gasteiger partial charge in [-0.05, 0) is 0 Å². The summed E-state index contributed by atoms with van der Waals surface area (Å²) in [5.41, 5.74) is 1.90. The van der Waals surface area contributed by atoms with Crippen molar-refractivity contribution in [1.29, 1.82) is 0 Å². The van der Waals surface area contributed by atoms with Crippen LogP contribution >= 0.6 is 0 Å². The fraction of sp³-hybridized carbons (Fsp3) is 0.231. The molecule has 0 amide bonds. The third-order valence-corrected chi connectivity index (χ3v) is 8.34. The second kappa shape index (κ2) is 4.53. The Kier molecular flexibility index (Phi) is 3.28. The van der Waals surface area contributed by atoms with E-state index >= 15 is 0 Å². The maximum absolute atomic E-state index is 4.51. The molecule has 0 unspecified atom stereocenters. The van der Waals surface area contributed by atoms with Crippen molar-refractivity contribution < 1.29 is 0 Å². The van der Waals surface area contributed by atoms with Gasteiger partial charge in [0.25, 0.3) is 0 Å². The Morgan fingerprint density at radius 3 is 2.12 bits per heavy atom. The van der Waals surface area contributed by atoms with Crippen molar-refractivity contribution >= 4 is 22.0 Å². The second-order valence-electron chi connectivity index (χ2n) is 4.90. The molecule has 0 bridgehead atoms. The molecule has 0 saturated carbocycles. The summed E-state index contributed by atoms with van der Waals surface area (Å²) in [4.78, 5) is 16.0. The van der Waals surface area contributed by atoms with Crippen LogP contribution in [-0.2, 0) is 0 Å². The van der Waals surface area contributed by atoms with Gasteiger partial charge >= 0.3 is 101 Å². The van der Waals surface area contributed by atoms with Crippen molar-refractivity contribution in [3.8, 4) is 11.4 Å². The summed E-state index contributed by atoms with van der Waals surface area (Å²) in [5.74, 6) is 0. The summed E-state index contributed by atoms with van der Waals surface area (Å²) in [6.45, 7) is 0. The number of aromatic nitrogens is 2. The first-order valence-corrected chi connectivity index (χ1v) is 15.4. The van der Waals surface area contributed by atoms with Crippen LogP contribution < -0.4 is 3.58 Å². The number of pyridine rings is 2. The Morgan fingerprint density at radius 2 is 1.62 bits per heavy atom. The van der Waals surface area contributed by atoms with Gasteiger partial charge in [-0.25, -0.2) is 0 Å². The number of rotatable bonds is 2. The van der Waals surface area contributed by atoms with Crippen LogP contribution in [0.25, 0.3) is 11.4 Å². The number of hydrogen-bond donors (Lipinski definition) is 0. The predicted molar refractivity (Wildman–Crippen MR) is 70.4 cm³/mol. The van der Waals surface area contributed by atoms with Gasteiger partial charge in [0, 0.05) is 0 Å². The van der Waals surface area contributed by atoms with Crippen LogP contribution in [0.5, 0.6) is 0 Å². The Hall–Kier alpha value is -0.901. The summed E-state index contributed by atoms with van der Waals surface area (Å²) in [7, 11) is 0. The van der Waals surface area contributed by atoms with Crippen LogP contribution in [0.3, 0.4) is 0 Å². The third-order valence-electron chi connectivity index (χ3n) is 2.56. The standard InChI is InChI=1S/C10H7N2.3CH3.Sn/c1-3-7-11-9(5-1)10-6-2-4-8-12-10;;;;/h1-3,5-8H;3*1H3;. The van der Waals surface area contributed by atoms with Gasteiger partial charge in [0.2, 0.25) is 0 Å². The monoisotopic (exact) mass is 320 g/mol. The van der Waals surface area contributed by atoms with Crippen molar-refractivity contribution in [2.45, 2.75) is 14.8 Å². The van der Waals surface area contributed by atoms with Gasteiger partial charge in [0.1, 0.15) is 0 Å². The van der Waals surface area contributed by atoms with Crippen LogP contribution in [0, 0.1) is 0 Å². The molecule has 0 aliphatic rings. The van der Waals surface area contributed by atoms with Crippen LogP contribution in [-0.4, -0.2) is 28.3 Å². The van der Waals surface area contributed by atoms with E-state index < -0.39 is 18.4 Å². The van der Waals surface area contributed by atoms with E-state index in [2.05, 4.69) is 36.9 Å². The van der Waals surface area contributed by atoms with Crippen molar-refractivity contribution in [3.05, 3.63) is 42.7 Å². The minimum atomic E-state index is -1.95. The number of hydrogen-bond acceptors (Lipinski definition) is 2. The fourth-order valence-corrected chi connectivity index (χ4v) is 4.46. The Morgan fingerprint density at radius 1 is 0.875 bits per heavy atom. The van der Waals surface area contributed by atoms with Crippen LogP contribution in [0.2, 0.25) is 14.8 Å². The molecule has 0 spiro atoms. The van der Waals surface area contributed by atoms with Crippen molar-refractivity contribution in [2.24, 2.45) is 0 Å².